The maximum absolute atomic E-state index is 13.3. The summed E-state index contributed by atoms with van der Waals surface area (Å²) in [6.07, 6.45) is 0. The highest BCUT2D eigenvalue weighted by atomic mass is 35.5. The van der Waals surface area contributed by atoms with Crippen molar-refractivity contribution in [1.82, 2.24) is 0 Å². The zero-order chi connectivity index (χ0) is 26.4. The first-order chi connectivity index (χ1) is 17.8. The van der Waals surface area contributed by atoms with Gasteiger partial charge >= 0.3 is 0 Å². The number of hydrogen-bond donors (Lipinski definition) is 2. The average Bonchev–Trinajstić information content (AvgIpc) is 2.87. The van der Waals surface area contributed by atoms with Crippen LogP contribution in [0.15, 0.2) is 102 Å². The first-order valence-corrected chi connectivity index (χ1v) is 12.6. The molecular formula is C27H19Cl2N3O4S. The summed E-state index contributed by atoms with van der Waals surface area (Å²) in [5.74, 6) is -0.679. The summed E-state index contributed by atoms with van der Waals surface area (Å²) < 4.78 is 0. The van der Waals surface area contributed by atoms with Crippen molar-refractivity contribution in [2.75, 3.05) is 10.6 Å². The Hall–Kier alpha value is -3.85. The molecule has 4 rings (SSSR count). The minimum absolute atomic E-state index is 0.0970. The summed E-state index contributed by atoms with van der Waals surface area (Å²) in [7, 11) is 0. The van der Waals surface area contributed by atoms with Crippen LogP contribution in [-0.4, -0.2) is 16.7 Å². The number of amides is 2. The van der Waals surface area contributed by atoms with Gasteiger partial charge in [0.05, 0.1) is 4.92 Å². The maximum Gasteiger partial charge on any atom is 0.269 e. The van der Waals surface area contributed by atoms with E-state index in [1.807, 2.05) is 36.4 Å². The molecule has 0 heterocycles. The molecule has 2 amide bonds. The van der Waals surface area contributed by atoms with Gasteiger partial charge in [-0.05, 0) is 54.1 Å². The highest BCUT2D eigenvalue weighted by Crippen LogP contribution is 2.37. The number of nitrogens with one attached hydrogen (secondary N) is 2. The average molecular weight is 552 g/mol. The Bertz CT molecular complexity index is 1430. The van der Waals surface area contributed by atoms with Gasteiger partial charge in [-0.2, -0.15) is 0 Å². The van der Waals surface area contributed by atoms with E-state index < -0.39 is 16.1 Å². The normalized spacial score (nSPS) is 11.4. The lowest BCUT2D eigenvalue weighted by atomic mass is 10.1. The first-order valence-electron chi connectivity index (χ1n) is 10.9. The van der Waals surface area contributed by atoms with Crippen molar-refractivity contribution in [2.24, 2.45) is 0 Å². The number of halogens is 2. The minimum atomic E-state index is -0.611. The number of anilines is 2. The molecule has 0 aromatic heterocycles. The summed E-state index contributed by atoms with van der Waals surface area (Å²) in [6.45, 7) is 0. The van der Waals surface area contributed by atoms with E-state index in [9.17, 15) is 19.7 Å². The molecule has 0 aliphatic rings. The minimum Gasteiger partial charge on any atom is -0.325 e. The predicted octanol–water partition coefficient (Wildman–Crippen LogP) is 7.63. The van der Waals surface area contributed by atoms with E-state index in [0.717, 1.165) is 10.5 Å². The van der Waals surface area contributed by atoms with E-state index in [1.54, 1.807) is 36.4 Å². The van der Waals surface area contributed by atoms with Crippen LogP contribution in [0, 0.1) is 10.1 Å². The SMILES string of the molecule is O=C(Nc1cccc(SC(C(=O)Nc2cc(Cl)cc(Cl)c2)c2ccccc2)c1)c1ccc([N+](=O)[O-])cc1. The topological polar surface area (TPSA) is 101 Å². The summed E-state index contributed by atoms with van der Waals surface area (Å²) in [5, 5.41) is 16.7. The van der Waals surface area contributed by atoms with Crippen molar-refractivity contribution in [2.45, 2.75) is 10.1 Å². The second-order valence-corrected chi connectivity index (χ2v) is 9.89. The van der Waals surface area contributed by atoms with Crippen LogP contribution >= 0.6 is 35.0 Å². The zero-order valence-electron chi connectivity index (χ0n) is 19.1. The van der Waals surface area contributed by atoms with Gasteiger partial charge in [0, 0.05) is 44.0 Å². The molecule has 0 radical (unpaired) electrons. The fourth-order valence-electron chi connectivity index (χ4n) is 3.46. The van der Waals surface area contributed by atoms with Gasteiger partial charge in [0.25, 0.3) is 11.6 Å². The van der Waals surface area contributed by atoms with Crippen molar-refractivity contribution in [1.29, 1.82) is 0 Å². The number of carbonyl (C=O) groups is 2. The fraction of sp³-hybridized carbons (Fsp3) is 0.0370. The molecule has 0 spiro atoms. The number of hydrogen-bond acceptors (Lipinski definition) is 5. The van der Waals surface area contributed by atoms with Crippen molar-refractivity contribution < 1.29 is 14.5 Å². The highest BCUT2D eigenvalue weighted by Gasteiger charge is 2.23. The molecular weight excluding hydrogens is 533 g/mol. The van der Waals surface area contributed by atoms with Crippen molar-refractivity contribution in [3.63, 3.8) is 0 Å². The van der Waals surface area contributed by atoms with Crippen LogP contribution in [0.4, 0.5) is 17.1 Å². The molecule has 4 aromatic carbocycles. The third-order valence-electron chi connectivity index (χ3n) is 5.16. The third kappa shape index (κ3) is 7.10. The number of carbonyl (C=O) groups excluding carboxylic acids is 2. The number of rotatable bonds is 8. The van der Waals surface area contributed by atoms with Gasteiger partial charge in [-0.3, -0.25) is 19.7 Å². The van der Waals surface area contributed by atoms with Gasteiger partial charge in [-0.1, -0.05) is 59.6 Å². The Morgan fingerprint density at radius 2 is 1.46 bits per heavy atom. The molecule has 0 saturated carbocycles. The summed E-state index contributed by atoms with van der Waals surface area (Å²) >= 11 is 13.5. The van der Waals surface area contributed by atoms with Crippen molar-refractivity contribution in [3.05, 3.63) is 128 Å². The molecule has 2 N–H and O–H groups in total. The summed E-state index contributed by atoms with van der Waals surface area (Å²) in [5.41, 5.74) is 1.97. The zero-order valence-corrected chi connectivity index (χ0v) is 21.4. The van der Waals surface area contributed by atoms with Crippen LogP contribution in [0.1, 0.15) is 21.2 Å². The Morgan fingerprint density at radius 1 is 0.784 bits per heavy atom. The number of thioether (sulfide) groups is 1. The van der Waals surface area contributed by atoms with E-state index in [0.29, 0.717) is 21.4 Å². The summed E-state index contributed by atoms with van der Waals surface area (Å²) in [4.78, 5) is 37.0. The second-order valence-electron chi connectivity index (χ2n) is 7.84. The van der Waals surface area contributed by atoms with Gasteiger partial charge in [0.15, 0.2) is 0 Å². The van der Waals surface area contributed by atoms with Crippen LogP contribution in [0.3, 0.4) is 0 Å². The Balaban J connectivity index is 1.53. The van der Waals surface area contributed by atoms with E-state index in [-0.39, 0.29) is 17.2 Å². The van der Waals surface area contributed by atoms with Gasteiger partial charge in [0.2, 0.25) is 5.91 Å². The van der Waals surface area contributed by atoms with Crippen LogP contribution in [-0.2, 0) is 4.79 Å². The van der Waals surface area contributed by atoms with Crippen molar-refractivity contribution >= 4 is 63.8 Å². The van der Waals surface area contributed by atoms with Crippen molar-refractivity contribution in [3.8, 4) is 0 Å². The quantitative estimate of drug-likeness (QED) is 0.133. The molecule has 1 unspecified atom stereocenters. The lowest BCUT2D eigenvalue weighted by Gasteiger charge is -2.18. The molecule has 1 atom stereocenters. The highest BCUT2D eigenvalue weighted by molar-refractivity contribution is 8.00. The first kappa shape index (κ1) is 26.2. The molecule has 10 heteroatoms. The Kier molecular flexibility index (Phi) is 8.45. The molecule has 37 heavy (non-hydrogen) atoms. The van der Waals surface area contributed by atoms with E-state index in [1.165, 1.54) is 36.0 Å². The largest absolute Gasteiger partial charge is 0.325 e. The van der Waals surface area contributed by atoms with Crippen LogP contribution in [0.25, 0.3) is 0 Å². The molecule has 0 fully saturated rings. The summed E-state index contributed by atoms with van der Waals surface area (Å²) in [6, 6.07) is 26.5. The Morgan fingerprint density at radius 3 is 2.11 bits per heavy atom. The Labute approximate surface area is 227 Å². The van der Waals surface area contributed by atoms with Gasteiger partial charge in [-0.15, -0.1) is 11.8 Å². The molecule has 0 aliphatic heterocycles. The second kappa shape index (κ2) is 11.9. The van der Waals surface area contributed by atoms with E-state index in [2.05, 4.69) is 10.6 Å². The lowest BCUT2D eigenvalue weighted by molar-refractivity contribution is -0.384. The van der Waals surface area contributed by atoms with Crippen LogP contribution in [0.5, 0.6) is 0 Å². The van der Waals surface area contributed by atoms with Gasteiger partial charge < -0.3 is 10.6 Å². The van der Waals surface area contributed by atoms with Crippen LogP contribution in [0.2, 0.25) is 10.0 Å². The number of nitro groups is 1. The van der Waals surface area contributed by atoms with E-state index >= 15 is 0 Å². The van der Waals surface area contributed by atoms with Gasteiger partial charge in [-0.25, -0.2) is 0 Å². The monoisotopic (exact) mass is 551 g/mol. The molecule has 186 valence electrons. The number of benzene rings is 4. The molecule has 4 aromatic rings. The molecule has 0 saturated heterocycles. The maximum atomic E-state index is 13.3. The van der Waals surface area contributed by atoms with E-state index in [4.69, 9.17) is 23.2 Å². The number of nitro benzene ring substituents is 1. The fourth-order valence-corrected chi connectivity index (χ4v) is 5.07. The predicted molar refractivity (Wildman–Crippen MR) is 148 cm³/mol. The lowest BCUT2D eigenvalue weighted by Crippen LogP contribution is -2.19. The third-order valence-corrected chi connectivity index (χ3v) is 6.84. The van der Waals surface area contributed by atoms with Gasteiger partial charge in [0.1, 0.15) is 5.25 Å². The number of non-ortho nitro benzene ring substituents is 1. The standard InChI is InChI=1S/C27H19Cl2N3O4S/c28-19-13-20(29)15-22(14-19)31-27(34)25(17-5-2-1-3-6-17)37-24-8-4-7-21(16-24)30-26(33)18-9-11-23(12-10-18)32(35)36/h1-16,25H,(H,30,33)(H,31,34). The molecule has 0 aliphatic carbocycles. The van der Waals surface area contributed by atoms with Crippen LogP contribution < -0.4 is 10.6 Å². The smallest absolute Gasteiger partial charge is 0.269 e. The number of nitrogens with zero attached hydrogens (tertiary/aromatic N) is 1. The molecule has 7 nitrogen and oxygen atoms in total. The molecule has 0 bridgehead atoms.